The van der Waals surface area contributed by atoms with Crippen LogP contribution in [0, 0.1) is 22.7 Å². The van der Waals surface area contributed by atoms with Crippen molar-refractivity contribution in [2.75, 3.05) is 0 Å². The molecule has 0 aliphatic heterocycles. The van der Waals surface area contributed by atoms with Gasteiger partial charge in [0.25, 0.3) is 0 Å². The summed E-state index contributed by atoms with van der Waals surface area (Å²) >= 11 is 0. The van der Waals surface area contributed by atoms with Crippen molar-refractivity contribution in [3.8, 4) is 0 Å². The Morgan fingerprint density at radius 1 is 1.05 bits per heavy atom. The number of nitroso groups, excluding NO2 is 1. The molecule has 0 unspecified atom stereocenters. The van der Waals surface area contributed by atoms with Crippen molar-refractivity contribution in [1.82, 2.24) is 4.40 Å². The van der Waals surface area contributed by atoms with E-state index in [9.17, 15) is 4.91 Å². The molecule has 3 heteroatoms. The zero-order chi connectivity index (χ0) is 14.0. The molecule has 2 heterocycles. The third-order valence-electron chi connectivity index (χ3n) is 6.35. The second kappa shape index (κ2) is 3.96. The molecule has 4 bridgehead atoms. The average Bonchev–Trinajstić information content (AvgIpc) is 2.85. The number of pyridine rings is 1. The fraction of sp³-hybridized carbons (Fsp3) is 0.556. The first-order valence-electron chi connectivity index (χ1n) is 8.21. The van der Waals surface area contributed by atoms with Gasteiger partial charge in [-0.25, -0.2) is 0 Å². The highest BCUT2D eigenvalue weighted by atomic mass is 16.3. The van der Waals surface area contributed by atoms with Gasteiger partial charge in [0.2, 0.25) is 0 Å². The van der Waals surface area contributed by atoms with Gasteiger partial charge in [-0.15, -0.1) is 4.91 Å². The molecular weight excluding hydrogens is 260 g/mol. The predicted octanol–water partition coefficient (Wildman–Crippen LogP) is 4.81. The van der Waals surface area contributed by atoms with Gasteiger partial charge >= 0.3 is 0 Å². The highest BCUT2D eigenvalue weighted by Crippen LogP contribution is 2.62. The first-order valence-corrected chi connectivity index (χ1v) is 8.21. The van der Waals surface area contributed by atoms with E-state index in [0.29, 0.717) is 5.82 Å². The Bertz CT molecular complexity index is 695. The molecule has 4 aliphatic rings. The summed E-state index contributed by atoms with van der Waals surface area (Å²) in [6, 6.07) is 8.33. The summed E-state index contributed by atoms with van der Waals surface area (Å²) in [6.45, 7) is 0. The molecule has 21 heavy (non-hydrogen) atoms. The molecule has 108 valence electrons. The van der Waals surface area contributed by atoms with Crippen molar-refractivity contribution in [2.24, 2.45) is 22.9 Å². The molecule has 4 aliphatic carbocycles. The van der Waals surface area contributed by atoms with E-state index in [1.54, 1.807) is 0 Å². The van der Waals surface area contributed by atoms with Crippen molar-refractivity contribution in [2.45, 2.75) is 43.9 Å². The number of fused-ring (bicyclic) bond motifs is 1. The maximum Gasteiger partial charge on any atom is 0.185 e. The van der Waals surface area contributed by atoms with E-state index >= 15 is 0 Å². The Morgan fingerprint density at radius 3 is 2.33 bits per heavy atom. The number of nitrogens with zero attached hydrogens (tertiary/aromatic N) is 2. The van der Waals surface area contributed by atoms with Crippen LogP contribution in [0.25, 0.3) is 5.52 Å². The van der Waals surface area contributed by atoms with Gasteiger partial charge in [0.15, 0.2) is 5.82 Å². The summed E-state index contributed by atoms with van der Waals surface area (Å²) in [5.74, 6) is 3.32. The molecule has 6 rings (SSSR count). The van der Waals surface area contributed by atoms with Gasteiger partial charge in [0.05, 0.1) is 0 Å². The molecule has 0 N–H and O–H groups in total. The minimum atomic E-state index is 0.240. The van der Waals surface area contributed by atoms with E-state index in [-0.39, 0.29) is 5.41 Å². The lowest BCUT2D eigenvalue weighted by atomic mass is 9.48. The van der Waals surface area contributed by atoms with Gasteiger partial charge in [-0.05, 0) is 85.1 Å². The van der Waals surface area contributed by atoms with Crippen molar-refractivity contribution >= 4 is 11.3 Å². The Balaban J connectivity index is 1.72. The van der Waals surface area contributed by atoms with Crippen LogP contribution in [0.3, 0.4) is 0 Å². The van der Waals surface area contributed by atoms with Gasteiger partial charge in [0.1, 0.15) is 0 Å². The molecule has 4 fully saturated rings. The third-order valence-corrected chi connectivity index (χ3v) is 6.35. The summed E-state index contributed by atoms with van der Waals surface area (Å²) in [6.07, 6.45) is 10.1. The van der Waals surface area contributed by atoms with E-state index in [4.69, 9.17) is 0 Å². The van der Waals surface area contributed by atoms with Gasteiger partial charge in [-0.1, -0.05) is 6.07 Å². The molecule has 0 radical (unpaired) electrons. The van der Waals surface area contributed by atoms with Crippen LogP contribution in [-0.4, -0.2) is 4.40 Å². The standard InChI is InChI=1S/C18H20N2O/c21-19-17-16(8-15-3-1-2-4-20(15)17)18-9-12-5-13(10-18)7-14(6-12)11-18/h1-4,8,12-14H,5-7,9-11H2. The van der Waals surface area contributed by atoms with E-state index < -0.39 is 0 Å². The van der Waals surface area contributed by atoms with Crippen LogP contribution >= 0.6 is 0 Å². The average molecular weight is 280 g/mol. The third kappa shape index (κ3) is 1.55. The Kier molecular flexibility index (Phi) is 2.26. The lowest BCUT2D eigenvalue weighted by Crippen LogP contribution is -2.48. The Labute approximate surface area is 124 Å². The summed E-state index contributed by atoms with van der Waals surface area (Å²) in [5.41, 5.74) is 2.59. The molecule has 0 saturated heterocycles. The molecule has 2 aromatic heterocycles. The maximum atomic E-state index is 11.5. The highest BCUT2D eigenvalue weighted by molar-refractivity contribution is 5.63. The summed E-state index contributed by atoms with van der Waals surface area (Å²) in [5, 5.41) is 3.43. The zero-order valence-electron chi connectivity index (χ0n) is 12.2. The van der Waals surface area contributed by atoms with E-state index in [1.807, 2.05) is 22.7 Å². The van der Waals surface area contributed by atoms with Crippen molar-refractivity contribution in [3.63, 3.8) is 0 Å². The van der Waals surface area contributed by atoms with Crippen LogP contribution in [0.5, 0.6) is 0 Å². The highest BCUT2D eigenvalue weighted by Gasteiger charge is 2.52. The maximum absolute atomic E-state index is 11.5. The second-order valence-corrected chi connectivity index (χ2v) is 7.67. The predicted molar refractivity (Wildman–Crippen MR) is 82.7 cm³/mol. The van der Waals surface area contributed by atoms with Crippen molar-refractivity contribution in [1.29, 1.82) is 0 Å². The van der Waals surface area contributed by atoms with E-state index in [0.717, 1.165) is 23.3 Å². The molecule has 4 saturated carbocycles. The van der Waals surface area contributed by atoms with Gasteiger partial charge in [-0.2, -0.15) is 0 Å². The van der Waals surface area contributed by atoms with Crippen molar-refractivity contribution in [3.05, 3.63) is 40.9 Å². The van der Waals surface area contributed by atoms with Gasteiger partial charge in [-0.3, -0.25) is 4.40 Å². The molecule has 2 aromatic rings. The number of hydrogen-bond donors (Lipinski definition) is 0. The van der Waals surface area contributed by atoms with Crippen LogP contribution in [0.2, 0.25) is 0 Å². The monoisotopic (exact) mass is 280 g/mol. The Hall–Kier alpha value is -1.64. The molecule has 0 aromatic carbocycles. The molecule has 0 amide bonds. The van der Waals surface area contributed by atoms with Crippen LogP contribution in [0.15, 0.2) is 35.6 Å². The Morgan fingerprint density at radius 2 is 1.71 bits per heavy atom. The quantitative estimate of drug-likeness (QED) is 0.727. The van der Waals surface area contributed by atoms with Crippen molar-refractivity contribution < 1.29 is 0 Å². The van der Waals surface area contributed by atoms with Crippen LogP contribution < -0.4 is 0 Å². The first-order chi connectivity index (χ1) is 10.3. The second-order valence-electron chi connectivity index (χ2n) is 7.67. The normalized spacial score (nSPS) is 37.2. The van der Waals surface area contributed by atoms with Gasteiger partial charge in [0, 0.05) is 17.3 Å². The lowest BCUT2D eigenvalue weighted by Gasteiger charge is -2.56. The molecule has 0 spiro atoms. The summed E-state index contributed by atoms with van der Waals surface area (Å²) in [7, 11) is 0. The fourth-order valence-electron chi connectivity index (χ4n) is 6.03. The molecule has 3 nitrogen and oxygen atoms in total. The number of rotatable bonds is 2. The lowest BCUT2D eigenvalue weighted by molar-refractivity contribution is -0.00484. The topological polar surface area (TPSA) is 33.8 Å². The summed E-state index contributed by atoms with van der Waals surface area (Å²) in [4.78, 5) is 11.5. The minimum absolute atomic E-state index is 0.240. The molecular formula is C18H20N2O. The first kappa shape index (κ1) is 12.0. The smallest absolute Gasteiger partial charge is 0.185 e. The number of aromatic nitrogens is 1. The summed E-state index contributed by atoms with van der Waals surface area (Å²) < 4.78 is 1.97. The van der Waals surface area contributed by atoms with Gasteiger partial charge < -0.3 is 0 Å². The van der Waals surface area contributed by atoms with Crippen LogP contribution in [-0.2, 0) is 5.41 Å². The van der Waals surface area contributed by atoms with Crippen LogP contribution in [0.1, 0.15) is 44.1 Å². The van der Waals surface area contributed by atoms with Crippen LogP contribution in [0.4, 0.5) is 5.82 Å². The fourth-order valence-corrected chi connectivity index (χ4v) is 6.03. The van der Waals surface area contributed by atoms with E-state index in [2.05, 4.69) is 17.3 Å². The van der Waals surface area contributed by atoms with E-state index in [1.165, 1.54) is 44.1 Å². The number of hydrogen-bond acceptors (Lipinski definition) is 2. The zero-order valence-corrected chi connectivity index (χ0v) is 12.2. The minimum Gasteiger partial charge on any atom is -0.299 e. The SMILES string of the molecule is O=Nc1c(C23CC4CC(CC(C4)C2)C3)cc2ccccn12. The largest absolute Gasteiger partial charge is 0.299 e. The molecule has 0 atom stereocenters.